The van der Waals surface area contributed by atoms with Crippen molar-refractivity contribution in [3.8, 4) is 0 Å². The molecule has 3 aliphatic rings. The Morgan fingerprint density at radius 3 is 2.29 bits per heavy atom. The molecule has 0 saturated carbocycles. The number of nitrogens with one attached hydrogen (secondary N) is 2. The molecule has 17 atom stereocenters. The van der Waals surface area contributed by atoms with E-state index >= 15 is 0 Å². The topological polar surface area (TPSA) is 211 Å². The summed E-state index contributed by atoms with van der Waals surface area (Å²) in [5.41, 5.74) is -4.87. The zero-order valence-electron chi connectivity index (χ0n) is 39.8. The number of methoxy groups -OCH3 is 1. The van der Waals surface area contributed by atoms with Crippen molar-refractivity contribution in [3.05, 3.63) is 30.1 Å². The zero-order valence-corrected chi connectivity index (χ0v) is 39.8. The van der Waals surface area contributed by atoms with Crippen LogP contribution in [-0.2, 0) is 44.4 Å². The molecule has 0 spiro atoms. The fourth-order valence-corrected chi connectivity index (χ4v) is 10.1. The number of cyclic esters (lactones) is 1. The molecule has 0 aliphatic carbocycles. The minimum atomic E-state index is -1.78. The summed E-state index contributed by atoms with van der Waals surface area (Å²) in [5, 5.41) is 53.6. The van der Waals surface area contributed by atoms with Crippen molar-refractivity contribution >= 4 is 11.9 Å². The van der Waals surface area contributed by atoms with Crippen LogP contribution in [0.25, 0.3) is 0 Å². The van der Waals surface area contributed by atoms with E-state index in [4.69, 9.17) is 28.4 Å². The van der Waals surface area contributed by atoms with E-state index in [0.717, 1.165) is 0 Å². The minimum absolute atomic E-state index is 0.00413. The molecule has 3 saturated heterocycles. The zero-order chi connectivity index (χ0) is 46.5. The molecular formula is C46H80N4O12. The monoisotopic (exact) mass is 881 g/mol. The van der Waals surface area contributed by atoms with Gasteiger partial charge in [-0.2, -0.15) is 0 Å². The van der Waals surface area contributed by atoms with Gasteiger partial charge in [-0.15, -0.1) is 0 Å². The number of carbonyl (C=O) groups is 2. The van der Waals surface area contributed by atoms with Crippen LogP contribution in [0.4, 0.5) is 0 Å². The van der Waals surface area contributed by atoms with Crippen molar-refractivity contribution in [1.82, 2.24) is 20.5 Å². The second-order valence-electron chi connectivity index (χ2n) is 19.9. The van der Waals surface area contributed by atoms with E-state index in [1.807, 2.05) is 39.8 Å². The van der Waals surface area contributed by atoms with Gasteiger partial charge in [-0.25, -0.2) is 0 Å². The van der Waals surface area contributed by atoms with Gasteiger partial charge in [0.1, 0.15) is 29.0 Å². The van der Waals surface area contributed by atoms with Gasteiger partial charge < -0.3 is 64.4 Å². The first kappa shape index (κ1) is 52.3. The van der Waals surface area contributed by atoms with Gasteiger partial charge >= 0.3 is 5.97 Å². The van der Waals surface area contributed by atoms with Crippen LogP contribution in [0.15, 0.2) is 24.4 Å². The average molecular weight is 881 g/mol. The molecule has 4 rings (SSSR count). The largest absolute Gasteiger partial charge is 0.459 e. The first-order valence-corrected chi connectivity index (χ1v) is 22.6. The summed E-state index contributed by atoms with van der Waals surface area (Å²) in [4.78, 5) is 33.7. The fourth-order valence-electron chi connectivity index (χ4n) is 10.1. The highest BCUT2D eigenvalue weighted by atomic mass is 16.7. The van der Waals surface area contributed by atoms with Crippen molar-refractivity contribution in [2.75, 3.05) is 34.3 Å². The van der Waals surface area contributed by atoms with Crippen LogP contribution in [-0.4, -0.2) is 161 Å². The molecule has 4 heterocycles. The SMILES string of the molecule is CC[C@H]1OC(=O)[C@H](C)[C@H](O[C@@H]2C[C@](C)(OC)[C@@](O)(CNC(=O)Cc3ccccn3)[C@H](C)O2)[C@H](C)[C@@H](O[C@@H]2O[C@H](C)C[C@H](N(C)C)[C@H]2O)C(C)(C)C[C@@H](C)NC[C@H](C)[C@@H](O)[C@]1(C)O. The second-order valence-corrected chi connectivity index (χ2v) is 19.9. The molecule has 0 unspecified atom stereocenters. The van der Waals surface area contributed by atoms with Gasteiger partial charge in [-0.05, 0) is 98.4 Å². The molecule has 0 radical (unpaired) electrons. The number of aliphatic hydroxyl groups is 4. The van der Waals surface area contributed by atoms with Gasteiger partial charge in [-0.1, -0.05) is 40.7 Å². The van der Waals surface area contributed by atoms with E-state index in [1.54, 1.807) is 52.1 Å². The molecule has 16 heteroatoms. The predicted octanol–water partition coefficient (Wildman–Crippen LogP) is 2.96. The Bertz CT molecular complexity index is 1590. The lowest BCUT2D eigenvalue weighted by atomic mass is 9.72. The van der Waals surface area contributed by atoms with E-state index in [2.05, 4.69) is 36.4 Å². The summed E-state index contributed by atoms with van der Waals surface area (Å²) < 4.78 is 38.9. The van der Waals surface area contributed by atoms with E-state index in [9.17, 15) is 30.0 Å². The summed E-state index contributed by atoms with van der Waals surface area (Å²) in [5.74, 6) is -2.98. The predicted molar refractivity (Wildman–Crippen MR) is 233 cm³/mol. The van der Waals surface area contributed by atoms with E-state index < -0.39 is 95.1 Å². The normalized spacial score (nSPS) is 42.7. The third-order valence-corrected chi connectivity index (χ3v) is 14.1. The molecule has 0 bridgehead atoms. The summed E-state index contributed by atoms with van der Waals surface area (Å²) in [6.07, 6.45) is -5.09. The van der Waals surface area contributed by atoms with Crippen molar-refractivity contribution in [3.63, 3.8) is 0 Å². The first-order chi connectivity index (χ1) is 28.8. The number of nitrogens with zero attached hydrogens (tertiary/aromatic N) is 2. The third-order valence-electron chi connectivity index (χ3n) is 14.1. The number of aliphatic hydroxyl groups excluding tert-OH is 2. The van der Waals surface area contributed by atoms with Gasteiger partial charge in [0.05, 0.1) is 49.4 Å². The van der Waals surface area contributed by atoms with Crippen molar-refractivity contribution in [2.24, 2.45) is 23.2 Å². The Balaban J connectivity index is 1.75. The molecule has 3 aliphatic heterocycles. The number of esters is 1. The number of rotatable bonds is 11. The van der Waals surface area contributed by atoms with Gasteiger partial charge in [0.15, 0.2) is 12.6 Å². The number of aromatic nitrogens is 1. The number of carbonyl (C=O) groups excluding carboxylic acids is 2. The first-order valence-electron chi connectivity index (χ1n) is 22.6. The van der Waals surface area contributed by atoms with Crippen LogP contribution >= 0.6 is 0 Å². The summed E-state index contributed by atoms with van der Waals surface area (Å²) in [7, 11) is 5.31. The molecule has 16 nitrogen and oxygen atoms in total. The summed E-state index contributed by atoms with van der Waals surface area (Å²) in [6.45, 7) is 20.5. The van der Waals surface area contributed by atoms with Crippen LogP contribution in [0.2, 0.25) is 0 Å². The summed E-state index contributed by atoms with van der Waals surface area (Å²) >= 11 is 0. The van der Waals surface area contributed by atoms with Crippen molar-refractivity contribution in [2.45, 2.75) is 192 Å². The number of hydrogen-bond donors (Lipinski definition) is 6. The lowest BCUT2D eigenvalue weighted by Crippen LogP contribution is -2.70. The van der Waals surface area contributed by atoms with Crippen LogP contribution < -0.4 is 10.6 Å². The molecule has 0 aromatic carbocycles. The molecule has 62 heavy (non-hydrogen) atoms. The second kappa shape index (κ2) is 21.3. The molecule has 356 valence electrons. The molecule has 1 aromatic rings. The third kappa shape index (κ3) is 11.9. The highest BCUT2D eigenvalue weighted by Crippen LogP contribution is 2.44. The van der Waals surface area contributed by atoms with Crippen LogP contribution in [0.1, 0.15) is 108 Å². The smallest absolute Gasteiger partial charge is 0.311 e. The van der Waals surface area contributed by atoms with E-state index in [0.29, 0.717) is 25.1 Å². The molecular weight excluding hydrogens is 801 g/mol. The van der Waals surface area contributed by atoms with Gasteiger partial charge in [-0.3, -0.25) is 14.6 Å². The standard InChI is InChI=1S/C46H80N4O12/c1-15-34-45(11,55)39(53)26(2)24-48-27(3)22-43(8,9)40(62-42-37(52)33(50(12)13)20-28(4)58-42)29(5)38(30(6)41(54)60-34)61-36-23-44(10,57-14)46(56,31(7)59-36)25-49-35(51)21-32-18-16-17-19-47-32/h16-19,26-31,33-34,36-40,42,48,52-53,55-56H,15,20-25H2,1-14H3,(H,49,51)/t26-,27+,28+,29-,30+,31-,33-,34+,36+,37+,38+,39+,40+,42-,44-,45+,46+/m0/s1. The highest BCUT2D eigenvalue weighted by molar-refractivity contribution is 5.78. The van der Waals surface area contributed by atoms with Crippen LogP contribution in [0.5, 0.6) is 0 Å². The lowest BCUT2D eigenvalue weighted by Gasteiger charge is -2.53. The highest BCUT2D eigenvalue weighted by Gasteiger charge is 2.58. The number of pyridine rings is 1. The average Bonchev–Trinajstić information content (AvgIpc) is 3.21. The lowest BCUT2D eigenvalue weighted by molar-refractivity contribution is -0.334. The Morgan fingerprint density at radius 2 is 1.69 bits per heavy atom. The van der Waals surface area contributed by atoms with Gasteiger partial charge in [0.2, 0.25) is 5.91 Å². The Morgan fingerprint density at radius 1 is 1.02 bits per heavy atom. The van der Waals surface area contributed by atoms with Gasteiger partial charge in [0.25, 0.3) is 0 Å². The van der Waals surface area contributed by atoms with Crippen molar-refractivity contribution < 1.29 is 58.4 Å². The molecule has 1 aromatic heterocycles. The molecule has 6 N–H and O–H groups in total. The minimum Gasteiger partial charge on any atom is -0.459 e. The maximum atomic E-state index is 14.5. The maximum Gasteiger partial charge on any atom is 0.311 e. The van der Waals surface area contributed by atoms with E-state index in [1.165, 1.54) is 14.0 Å². The Kier molecular flexibility index (Phi) is 18.0. The number of ether oxygens (including phenoxy) is 6. The fraction of sp³-hybridized carbons (Fsp3) is 0.848. The maximum absolute atomic E-state index is 14.5. The quantitative estimate of drug-likeness (QED) is 0.177. The molecule has 3 fully saturated rings. The molecule has 1 amide bonds. The Hall–Kier alpha value is -2.35. The number of likely N-dealkylation sites (N-methyl/N-ethyl adjacent to an activating group) is 1. The number of amides is 1. The summed E-state index contributed by atoms with van der Waals surface area (Å²) in [6, 6.07) is 4.99. The van der Waals surface area contributed by atoms with Gasteiger partial charge in [0, 0.05) is 50.0 Å². The number of hydrogen-bond acceptors (Lipinski definition) is 15. The van der Waals surface area contributed by atoms with E-state index in [-0.39, 0.29) is 49.9 Å². The Labute approximate surface area is 370 Å². The van der Waals surface area contributed by atoms with Crippen molar-refractivity contribution in [1.29, 1.82) is 0 Å². The van der Waals surface area contributed by atoms with Crippen LogP contribution in [0.3, 0.4) is 0 Å². The van der Waals surface area contributed by atoms with Crippen LogP contribution in [0, 0.1) is 23.2 Å².